The van der Waals surface area contributed by atoms with Crippen LogP contribution in [0.1, 0.15) is 5.56 Å². The molecule has 1 aromatic carbocycles. The molecule has 1 atom stereocenters. The van der Waals surface area contributed by atoms with Crippen molar-refractivity contribution in [3.63, 3.8) is 0 Å². The lowest BCUT2D eigenvalue weighted by molar-refractivity contribution is -0.111. The Hall–Kier alpha value is -0.0500. The average molecular weight is 282 g/mol. The summed E-state index contributed by atoms with van der Waals surface area (Å²) in [6.45, 7) is 0. The molecule has 1 rings (SSSR count). The number of alkyl halides is 1. The predicted molar refractivity (Wildman–Crippen MR) is 58.7 cm³/mol. The molecule has 1 nitrogen and oxygen atoms in total. The third-order valence-corrected chi connectivity index (χ3v) is 3.09. The lowest BCUT2D eigenvalue weighted by Gasteiger charge is -2.03. The number of carbonyl (C=O) groups is 1. The summed E-state index contributed by atoms with van der Waals surface area (Å²) in [5, 5.41) is 0.307. The summed E-state index contributed by atoms with van der Waals surface area (Å²) < 4.78 is 0. The van der Waals surface area contributed by atoms with E-state index < -0.39 is 0 Å². The Labute approximate surface area is 95.2 Å². The zero-order valence-electron chi connectivity index (χ0n) is 6.64. The summed E-state index contributed by atoms with van der Waals surface area (Å²) in [5.41, 5.74) is 1.03. The van der Waals surface area contributed by atoms with Gasteiger partial charge in [-0.2, -0.15) is 0 Å². The summed E-state index contributed by atoms with van der Waals surface area (Å²) in [7, 11) is 0. The molecule has 0 N–H and O–H groups in total. The molecule has 4 heteroatoms. The highest BCUT2D eigenvalue weighted by molar-refractivity contribution is 9.10. The van der Waals surface area contributed by atoms with Crippen molar-refractivity contribution < 1.29 is 4.79 Å². The van der Waals surface area contributed by atoms with E-state index in [2.05, 4.69) is 15.9 Å². The van der Waals surface area contributed by atoms with Crippen LogP contribution >= 0.6 is 39.1 Å². The van der Waals surface area contributed by atoms with E-state index in [1.807, 2.05) is 12.1 Å². The Balaban J connectivity index is 2.64. The van der Waals surface area contributed by atoms with Gasteiger partial charge in [-0.1, -0.05) is 39.7 Å². The highest BCUT2D eigenvalue weighted by Gasteiger charge is 2.11. The molecule has 1 aromatic rings. The Morgan fingerprint density at radius 1 is 1.38 bits per heavy atom. The van der Waals surface area contributed by atoms with Crippen LogP contribution in [0.3, 0.4) is 0 Å². The van der Waals surface area contributed by atoms with Gasteiger partial charge in [-0.15, -0.1) is 0 Å². The summed E-state index contributed by atoms with van der Waals surface area (Å²) in [4.78, 5) is 10.4. The van der Waals surface area contributed by atoms with E-state index in [1.165, 1.54) is 0 Å². The summed E-state index contributed by atoms with van der Waals surface area (Å²) in [6, 6.07) is 7.32. The standard InChI is InChI=1S/C9H7BrCl2O/c10-8(9(12)13)5-6-1-3-7(11)4-2-6/h1-4,8H,5H2. The Morgan fingerprint density at radius 2 is 1.92 bits per heavy atom. The molecule has 0 spiro atoms. The molecule has 0 saturated carbocycles. The van der Waals surface area contributed by atoms with Gasteiger partial charge >= 0.3 is 0 Å². The largest absolute Gasteiger partial charge is 0.280 e. The maximum Gasteiger partial charge on any atom is 0.235 e. The smallest absolute Gasteiger partial charge is 0.235 e. The van der Waals surface area contributed by atoms with Crippen molar-refractivity contribution in [1.82, 2.24) is 0 Å². The lowest BCUT2D eigenvalue weighted by atomic mass is 10.1. The van der Waals surface area contributed by atoms with Gasteiger partial charge in [-0.05, 0) is 35.7 Å². The fourth-order valence-electron chi connectivity index (χ4n) is 0.908. The Bertz CT molecular complexity index is 297. The molecule has 13 heavy (non-hydrogen) atoms. The number of rotatable bonds is 3. The molecule has 70 valence electrons. The SMILES string of the molecule is O=C(Cl)C(Br)Cc1ccc(Cl)cc1. The second-order valence-corrected chi connectivity index (χ2v) is 4.52. The third-order valence-electron chi connectivity index (χ3n) is 1.57. The summed E-state index contributed by atoms with van der Waals surface area (Å²) in [6.07, 6.45) is 0.583. The number of hydrogen-bond donors (Lipinski definition) is 0. The minimum atomic E-state index is -0.380. The van der Waals surface area contributed by atoms with Gasteiger partial charge in [-0.25, -0.2) is 0 Å². The van der Waals surface area contributed by atoms with Crippen LogP contribution < -0.4 is 0 Å². The second-order valence-electron chi connectivity index (χ2n) is 2.60. The van der Waals surface area contributed by atoms with E-state index in [0.717, 1.165) is 5.56 Å². The van der Waals surface area contributed by atoms with Crippen LogP contribution in [0.25, 0.3) is 0 Å². The number of carbonyl (C=O) groups excluding carboxylic acids is 1. The molecule has 0 fully saturated rings. The number of halogens is 3. The van der Waals surface area contributed by atoms with Crippen LogP contribution in [0.5, 0.6) is 0 Å². The first-order valence-electron chi connectivity index (χ1n) is 3.67. The van der Waals surface area contributed by atoms with Crippen molar-refractivity contribution in [2.45, 2.75) is 11.2 Å². The lowest BCUT2D eigenvalue weighted by Crippen LogP contribution is -2.10. The average Bonchev–Trinajstić information content (AvgIpc) is 2.08. The summed E-state index contributed by atoms with van der Waals surface area (Å²) >= 11 is 14.2. The van der Waals surface area contributed by atoms with Crippen molar-refractivity contribution in [1.29, 1.82) is 0 Å². The molecule has 0 saturated heterocycles. The minimum Gasteiger partial charge on any atom is -0.280 e. The maximum atomic E-state index is 10.7. The molecule has 0 aliphatic heterocycles. The van der Waals surface area contributed by atoms with Gasteiger partial charge in [0.05, 0.1) is 4.83 Å². The molecule has 0 heterocycles. The molecule has 0 bridgehead atoms. The first-order chi connectivity index (χ1) is 6.09. The maximum absolute atomic E-state index is 10.7. The highest BCUT2D eigenvalue weighted by atomic mass is 79.9. The fraction of sp³-hybridized carbons (Fsp3) is 0.222. The fourth-order valence-corrected chi connectivity index (χ4v) is 1.48. The van der Waals surface area contributed by atoms with Gasteiger partial charge in [0.15, 0.2) is 0 Å². The Kier molecular flexibility index (Phi) is 4.23. The van der Waals surface area contributed by atoms with Crippen LogP contribution in [0.2, 0.25) is 5.02 Å². The van der Waals surface area contributed by atoms with Crippen molar-refractivity contribution in [2.24, 2.45) is 0 Å². The highest BCUT2D eigenvalue weighted by Crippen LogP contribution is 2.15. The van der Waals surface area contributed by atoms with Crippen LogP contribution in [0.15, 0.2) is 24.3 Å². The second kappa shape index (κ2) is 4.99. The van der Waals surface area contributed by atoms with E-state index in [1.54, 1.807) is 12.1 Å². The number of benzene rings is 1. The molecule has 0 aliphatic carbocycles. The molecular weight excluding hydrogens is 275 g/mol. The normalized spacial score (nSPS) is 12.5. The quantitative estimate of drug-likeness (QED) is 0.613. The van der Waals surface area contributed by atoms with Crippen molar-refractivity contribution in [3.8, 4) is 0 Å². The zero-order chi connectivity index (χ0) is 9.84. The van der Waals surface area contributed by atoms with Gasteiger partial charge in [0.1, 0.15) is 0 Å². The molecule has 0 aliphatic rings. The first-order valence-corrected chi connectivity index (χ1v) is 5.34. The van der Waals surface area contributed by atoms with Crippen molar-refractivity contribution >= 4 is 44.4 Å². The van der Waals surface area contributed by atoms with Gasteiger partial charge in [-0.3, -0.25) is 4.79 Å². The summed E-state index contributed by atoms with van der Waals surface area (Å²) in [5.74, 6) is 0. The molecule has 0 amide bonds. The Morgan fingerprint density at radius 3 is 2.38 bits per heavy atom. The van der Waals surface area contributed by atoms with Crippen LogP contribution in [-0.2, 0) is 11.2 Å². The van der Waals surface area contributed by atoms with E-state index in [0.29, 0.717) is 11.4 Å². The van der Waals surface area contributed by atoms with Gasteiger partial charge in [0, 0.05) is 5.02 Å². The molecule has 1 unspecified atom stereocenters. The predicted octanol–water partition coefficient (Wildman–Crippen LogP) is 3.41. The minimum absolute atomic E-state index is 0.324. The molecular formula is C9H7BrCl2O. The van der Waals surface area contributed by atoms with Crippen LogP contribution in [-0.4, -0.2) is 10.1 Å². The van der Waals surface area contributed by atoms with Crippen molar-refractivity contribution in [3.05, 3.63) is 34.9 Å². The van der Waals surface area contributed by atoms with Gasteiger partial charge in [0.25, 0.3) is 0 Å². The van der Waals surface area contributed by atoms with Crippen LogP contribution in [0.4, 0.5) is 0 Å². The number of hydrogen-bond acceptors (Lipinski definition) is 1. The van der Waals surface area contributed by atoms with Crippen LogP contribution in [0, 0.1) is 0 Å². The zero-order valence-corrected chi connectivity index (χ0v) is 9.73. The van der Waals surface area contributed by atoms with E-state index >= 15 is 0 Å². The first kappa shape index (κ1) is 11.0. The monoisotopic (exact) mass is 280 g/mol. The van der Waals surface area contributed by atoms with E-state index in [9.17, 15) is 4.79 Å². The third kappa shape index (κ3) is 3.67. The molecule has 0 radical (unpaired) electrons. The van der Waals surface area contributed by atoms with E-state index in [4.69, 9.17) is 23.2 Å². The molecule has 0 aromatic heterocycles. The van der Waals surface area contributed by atoms with Crippen molar-refractivity contribution in [2.75, 3.05) is 0 Å². The topological polar surface area (TPSA) is 17.1 Å². The van der Waals surface area contributed by atoms with Gasteiger partial charge in [0.2, 0.25) is 5.24 Å². The van der Waals surface area contributed by atoms with Gasteiger partial charge < -0.3 is 0 Å². The van der Waals surface area contributed by atoms with E-state index in [-0.39, 0.29) is 10.1 Å².